The molecule has 2 N–H and O–H groups in total. The van der Waals surface area contributed by atoms with Gasteiger partial charge in [-0.1, -0.05) is 6.92 Å². The maximum Gasteiger partial charge on any atom is 0.286 e. The number of likely N-dealkylation sites (N-methyl/N-ethyl adjacent to an activating group) is 1. The zero-order valence-corrected chi connectivity index (χ0v) is 17.2. The van der Waals surface area contributed by atoms with Gasteiger partial charge in [0.15, 0.2) is 5.76 Å². The molecular formula is C22H30N4O3. The molecule has 0 unspecified atom stereocenters. The lowest BCUT2D eigenvalue weighted by molar-refractivity contribution is -0.116. The van der Waals surface area contributed by atoms with Gasteiger partial charge in [0.1, 0.15) is 0 Å². The predicted molar refractivity (Wildman–Crippen MR) is 114 cm³/mol. The molecular weight excluding hydrogens is 368 g/mol. The molecule has 1 aromatic heterocycles. The number of anilines is 2. The molecule has 0 aliphatic carbocycles. The fourth-order valence-electron chi connectivity index (χ4n) is 3.47. The van der Waals surface area contributed by atoms with Gasteiger partial charge < -0.3 is 24.9 Å². The Labute approximate surface area is 172 Å². The second-order valence-electron chi connectivity index (χ2n) is 7.31. The Hall–Kier alpha value is -2.80. The van der Waals surface area contributed by atoms with Gasteiger partial charge in [-0.25, -0.2) is 0 Å². The summed E-state index contributed by atoms with van der Waals surface area (Å²) in [5.74, 6) is -0.0347. The van der Waals surface area contributed by atoms with E-state index < -0.39 is 0 Å². The SMILES string of the molecule is CCN1CCN(c2ccc(NC(=O)CCCNC(=O)c3ccco3)c(C)c2)CC1. The van der Waals surface area contributed by atoms with Crippen LogP contribution in [0, 0.1) is 6.92 Å². The van der Waals surface area contributed by atoms with Gasteiger partial charge in [-0.2, -0.15) is 0 Å². The van der Waals surface area contributed by atoms with Gasteiger partial charge >= 0.3 is 0 Å². The minimum Gasteiger partial charge on any atom is -0.459 e. The van der Waals surface area contributed by atoms with Crippen molar-refractivity contribution >= 4 is 23.2 Å². The van der Waals surface area contributed by atoms with E-state index in [0.717, 1.165) is 44.0 Å². The molecule has 29 heavy (non-hydrogen) atoms. The molecule has 2 amide bonds. The average molecular weight is 399 g/mol. The lowest BCUT2D eigenvalue weighted by Gasteiger charge is -2.35. The molecule has 0 saturated carbocycles. The Morgan fingerprint density at radius 1 is 1.14 bits per heavy atom. The molecule has 3 rings (SSSR count). The topological polar surface area (TPSA) is 77.8 Å². The molecule has 7 heteroatoms. The standard InChI is InChI=1S/C22H30N4O3/c1-3-25-11-13-26(14-12-25)18-8-9-19(17(2)16-18)24-21(27)7-4-10-23-22(28)20-6-5-15-29-20/h5-6,8-9,15-16H,3-4,7,10-14H2,1-2H3,(H,23,28)(H,24,27). The fourth-order valence-corrected chi connectivity index (χ4v) is 3.47. The summed E-state index contributed by atoms with van der Waals surface area (Å²) in [6.45, 7) is 9.98. The van der Waals surface area contributed by atoms with Gasteiger partial charge in [0.2, 0.25) is 5.91 Å². The van der Waals surface area contributed by atoms with E-state index in [9.17, 15) is 9.59 Å². The molecule has 1 aliphatic rings. The van der Waals surface area contributed by atoms with E-state index in [2.05, 4.69) is 39.5 Å². The molecule has 0 spiro atoms. The molecule has 0 radical (unpaired) electrons. The van der Waals surface area contributed by atoms with Crippen molar-refractivity contribution in [2.45, 2.75) is 26.7 Å². The molecule has 2 aromatic rings. The molecule has 1 saturated heterocycles. The van der Waals surface area contributed by atoms with Crippen molar-refractivity contribution in [3.05, 3.63) is 47.9 Å². The minimum absolute atomic E-state index is 0.0512. The van der Waals surface area contributed by atoms with Crippen molar-refractivity contribution in [2.75, 3.05) is 49.5 Å². The number of hydrogen-bond acceptors (Lipinski definition) is 5. The second kappa shape index (κ2) is 10.1. The van der Waals surface area contributed by atoms with Crippen LogP contribution in [0.1, 0.15) is 35.9 Å². The van der Waals surface area contributed by atoms with Crippen molar-refractivity contribution in [1.29, 1.82) is 0 Å². The molecule has 156 valence electrons. The molecule has 1 aromatic carbocycles. The van der Waals surface area contributed by atoms with E-state index in [1.807, 2.05) is 13.0 Å². The van der Waals surface area contributed by atoms with Crippen LogP contribution in [0.2, 0.25) is 0 Å². The van der Waals surface area contributed by atoms with Gasteiger partial charge in [-0.05, 0) is 55.8 Å². The Morgan fingerprint density at radius 3 is 2.59 bits per heavy atom. The van der Waals surface area contributed by atoms with Crippen molar-refractivity contribution in [3.63, 3.8) is 0 Å². The van der Waals surface area contributed by atoms with Crippen LogP contribution < -0.4 is 15.5 Å². The monoisotopic (exact) mass is 398 g/mol. The van der Waals surface area contributed by atoms with Crippen LogP contribution in [-0.4, -0.2) is 56.0 Å². The number of nitrogens with one attached hydrogen (secondary N) is 2. The van der Waals surface area contributed by atoms with Crippen LogP contribution in [-0.2, 0) is 4.79 Å². The van der Waals surface area contributed by atoms with E-state index in [4.69, 9.17) is 4.42 Å². The number of aryl methyl sites for hydroxylation is 1. The van der Waals surface area contributed by atoms with Crippen LogP contribution in [0.4, 0.5) is 11.4 Å². The van der Waals surface area contributed by atoms with Gasteiger partial charge in [0, 0.05) is 50.5 Å². The Morgan fingerprint density at radius 2 is 1.93 bits per heavy atom. The zero-order valence-electron chi connectivity index (χ0n) is 17.2. The number of benzene rings is 1. The summed E-state index contributed by atoms with van der Waals surface area (Å²) in [6.07, 6.45) is 2.37. The van der Waals surface area contributed by atoms with Crippen LogP contribution in [0.5, 0.6) is 0 Å². The van der Waals surface area contributed by atoms with Gasteiger partial charge in [-0.15, -0.1) is 0 Å². The summed E-state index contributed by atoms with van der Waals surface area (Å²) in [7, 11) is 0. The molecule has 2 heterocycles. The minimum atomic E-state index is -0.262. The Balaban J connectivity index is 1.42. The quantitative estimate of drug-likeness (QED) is 0.669. The lowest BCUT2D eigenvalue weighted by atomic mass is 10.1. The van der Waals surface area contributed by atoms with Crippen LogP contribution in [0.25, 0.3) is 0 Å². The summed E-state index contributed by atoms with van der Waals surface area (Å²) < 4.78 is 5.03. The molecule has 0 bridgehead atoms. The molecule has 7 nitrogen and oxygen atoms in total. The van der Waals surface area contributed by atoms with Gasteiger partial charge in [0.05, 0.1) is 6.26 Å². The summed E-state index contributed by atoms with van der Waals surface area (Å²) in [4.78, 5) is 28.9. The van der Waals surface area contributed by atoms with E-state index in [0.29, 0.717) is 19.4 Å². The van der Waals surface area contributed by atoms with E-state index in [1.165, 1.54) is 12.0 Å². The van der Waals surface area contributed by atoms with Crippen molar-refractivity contribution in [3.8, 4) is 0 Å². The van der Waals surface area contributed by atoms with Crippen LogP contribution >= 0.6 is 0 Å². The highest BCUT2D eigenvalue weighted by molar-refractivity contribution is 5.92. The van der Waals surface area contributed by atoms with Crippen molar-refractivity contribution in [1.82, 2.24) is 10.2 Å². The number of furan rings is 1. The van der Waals surface area contributed by atoms with Crippen LogP contribution in [0.15, 0.2) is 41.0 Å². The lowest BCUT2D eigenvalue weighted by Crippen LogP contribution is -2.46. The second-order valence-corrected chi connectivity index (χ2v) is 7.31. The number of nitrogens with zero attached hydrogens (tertiary/aromatic N) is 2. The number of hydrogen-bond donors (Lipinski definition) is 2. The predicted octanol–water partition coefficient (Wildman–Crippen LogP) is 2.88. The number of piperazine rings is 1. The number of carbonyl (C=O) groups is 2. The average Bonchev–Trinajstić information content (AvgIpc) is 3.28. The molecule has 0 atom stereocenters. The van der Waals surface area contributed by atoms with Crippen LogP contribution in [0.3, 0.4) is 0 Å². The third kappa shape index (κ3) is 5.84. The Bertz CT molecular complexity index is 811. The number of amides is 2. The number of carbonyl (C=O) groups excluding carboxylic acids is 2. The van der Waals surface area contributed by atoms with Crippen molar-refractivity contribution in [2.24, 2.45) is 0 Å². The van der Waals surface area contributed by atoms with E-state index in [-0.39, 0.29) is 17.6 Å². The Kier molecular flexibility index (Phi) is 7.30. The molecule has 1 fully saturated rings. The highest BCUT2D eigenvalue weighted by Crippen LogP contribution is 2.24. The normalized spacial score (nSPS) is 14.6. The number of rotatable bonds is 8. The van der Waals surface area contributed by atoms with Gasteiger partial charge in [-0.3, -0.25) is 9.59 Å². The third-order valence-electron chi connectivity index (χ3n) is 5.28. The summed E-state index contributed by atoms with van der Waals surface area (Å²) in [5, 5.41) is 5.72. The zero-order chi connectivity index (χ0) is 20.6. The van der Waals surface area contributed by atoms with E-state index >= 15 is 0 Å². The first-order chi connectivity index (χ1) is 14.1. The molecule has 1 aliphatic heterocycles. The first-order valence-corrected chi connectivity index (χ1v) is 10.3. The smallest absolute Gasteiger partial charge is 0.286 e. The maximum atomic E-state index is 12.2. The van der Waals surface area contributed by atoms with Crippen molar-refractivity contribution < 1.29 is 14.0 Å². The largest absolute Gasteiger partial charge is 0.459 e. The first-order valence-electron chi connectivity index (χ1n) is 10.3. The van der Waals surface area contributed by atoms with Gasteiger partial charge in [0.25, 0.3) is 5.91 Å². The summed E-state index contributed by atoms with van der Waals surface area (Å²) in [5.41, 5.74) is 3.10. The highest BCUT2D eigenvalue weighted by atomic mass is 16.3. The fraction of sp³-hybridized carbons (Fsp3) is 0.455. The maximum absolute atomic E-state index is 12.2. The summed E-state index contributed by atoms with van der Waals surface area (Å²) in [6, 6.07) is 9.47. The first kappa shape index (κ1) is 20.9. The highest BCUT2D eigenvalue weighted by Gasteiger charge is 2.16. The summed E-state index contributed by atoms with van der Waals surface area (Å²) >= 11 is 0. The van der Waals surface area contributed by atoms with E-state index in [1.54, 1.807) is 12.1 Å². The third-order valence-corrected chi connectivity index (χ3v) is 5.28.